The highest BCUT2D eigenvalue weighted by molar-refractivity contribution is 5.76. The van der Waals surface area contributed by atoms with E-state index in [1.165, 1.54) is 25.7 Å². The summed E-state index contributed by atoms with van der Waals surface area (Å²) in [6, 6.07) is -0.0711. The molecule has 3 heteroatoms. The Morgan fingerprint density at radius 2 is 2.00 bits per heavy atom. The van der Waals surface area contributed by atoms with Gasteiger partial charge in [0.25, 0.3) is 0 Å². The molecular weight excluding hydrogens is 226 g/mol. The van der Waals surface area contributed by atoms with Crippen LogP contribution in [0, 0.1) is 11.8 Å². The fourth-order valence-corrected chi connectivity index (χ4v) is 3.38. The smallest absolute Gasteiger partial charge is 0.323 e. The maximum absolute atomic E-state index is 12.3. The fourth-order valence-electron chi connectivity index (χ4n) is 3.38. The molecule has 104 valence electrons. The average Bonchev–Trinajstić information content (AvgIpc) is 2.39. The molecule has 2 aliphatic rings. The first-order chi connectivity index (χ1) is 8.72. The van der Waals surface area contributed by atoms with Gasteiger partial charge >= 0.3 is 5.97 Å². The van der Waals surface area contributed by atoms with Crippen LogP contribution in [0.15, 0.2) is 0 Å². The van der Waals surface area contributed by atoms with Crippen molar-refractivity contribution in [1.29, 1.82) is 0 Å². The molecule has 4 unspecified atom stereocenters. The summed E-state index contributed by atoms with van der Waals surface area (Å²) < 4.78 is 5.80. The predicted molar refractivity (Wildman–Crippen MR) is 72.3 cm³/mol. The molecule has 2 fully saturated rings. The van der Waals surface area contributed by atoms with Crippen molar-refractivity contribution in [2.45, 2.75) is 70.9 Å². The van der Waals surface area contributed by atoms with Gasteiger partial charge in [-0.15, -0.1) is 0 Å². The van der Waals surface area contributed by atoms with Crippen LogP contribution in [0.1, 0.15) is 58.8 Å². The SMILES string of the molecule is CCC1CCCCC1OC(=O)C1NCCCC1C. The second-order valence-corrected chi connectivity index (χ2v) is 5.98. The van der Waals surface area contributed by atoms with E-state index < -0.39 is 0 Å². The van der Waals surface area contributed by atoms with Gasteiger partial charge in [0.1, 0.15) is 12.1 Å². The highest BCUT2D eigenvalue weighted by atomic mass is 16.5. The molecule has 18 heavy (non-hydrogen) atoms. The van der Waals surface area contributed by atoms with E-state index in [9.17, 15) is 4.79 Å². The zero-order chi connectivity index (χ0) is 13.0. The molecule has 0 spiro atoms. The van der Waals surface area contributed by atoms with Crippen molar-refractivity contribution in [2.24, 2.45) is 11.8 Å². The minimum absolute atomic E-state index is 0.00690. The van der Waals surface area contributed by atoms with Gasteiger partial charge in [0, 0.05) is 0 Å². The number of carbonyl (C=O) groups is 1. The van der Waals surface area contributed by atoms with Gasteiger partial charge in [0.2, 0.25) is 0 Å². The Balaban J connectivity index is 1.88. The maximum Gasteiger partial charge on any atom is 0.323 e. The van der Waals surface area contributed by atoms with Gasteiger partial charge < -0.3 is 10.1 Å². The molecule has 4 atom stereocenters. The highest BCUT2D eigenvalue weighted by Gasteiger charge is 2.33. The van der Waals surface area contributed by atoms with Crippen LogP contribution in [-0.4, -0.2) is 24.7 Å². The summed E-state index contributed by atoms with van der Waals surface area (Å²) >= 11 is 0. The summed E-state index contributed by atoms with van der Waals surface area (Å²) in [5.74, 6) is 0.990. The highest BCUT2D eigenvalue weighted by Crippen LogP contribution is 2.30. The predicted octanol–water partition coefficient (Wildman–Crippen LogP) is 2.89. The third kappa shape index (κ3) is 3.25. The van der Waals surface area contributed by atoms with Crippen molar-refractivity contribution in [2.75, 3.05) is 6.54 Å². The molecule has 1 aliphatic carbocycles. The van der Waals surface area contributed by atoms with Crippen molar-refractivity contribution in [1.82, 2.24) is 5.32 Å². The number of piperidine rings is 1. The molecule has 0 radical (unpaired) electrons. The van der Waals surface area contributed by atoms with Crippen LogP contribution in [0.2, 0.25) is 0 Å². The molecule has 3 nitrogen and oxygen atoms in total. The minimum Gasteiger partial charge on any atom is -0.461 e. The van der Waals surface area contributed by atoms with Crippen LogP contribution in [0.3, 0.4) is 0 Å². The largest absolute Gasteiger partial charge is 0.461 e. The number of hydrogen-bond acceptors (Lipinski definition) is 3. The lowest BCUT2D eigenvalue weighted by Gasteiger charge is -2.34. The lowest BCUT2D eigenvalue weighted by atomic mass is 9.84. The summed E-state index contributed by atoms with van der Waals surface area (Å²) in [6.45, 7) is 5.31. The summed E-state index contributed by atoms with van der Waals surface area (Å²) in [4.78, 5) is 12.3. The summed E-state index contributed by atoms with van der Waals surface area (Å²) in [5, 5.41) is 3.32. The van der Waals surface area contributed by atoms with Crippen LogP contribution >= 0.6 is 0 Å². The average molecular weight is 253 g/mol. The van der Waals surface area contributed by atoms with Gasteiger partial charge in [0.15, 0.2) is 0 Å². The van der Waals surface area contributed by atoms with Gasteiger partial charge in [-0.25, -0.2) is 0 Å². The van der Waals surface area contributed by atoms with Crippen molar-refractivity contribution in [3.8, 4) is 0 Å². The van der Waals surface area contributed by atoms with Crippen molar-refractivity contribution in [3.63, 3.8) is 0 Å². The summed E-state index contributed by atoms with van der Waals surface area (Å²) in [5.41, 5.74) is 0. The number of rotatable bonds is 3. The molecule has 1 saturated carbocycles. The van der Waals surface area contributed by atoms with Crippen LogP contribution < -0.4 is 5.32 Å². The Morgan fingerprint density at radius 1 is 1.22 bits per heavy atom. The van der Waals surface area contributed by atoms with E-state index in [0.29, 0.717) is 11.8 Å². The van der Waals surface area contributed by atoms with E-state index in [1.807, 2.05) is 0 Å². The second kappa shape index (κ2) is 6.55. The normalized spacial score (nSPS) is 37.2. The van der Waals surface area contributed by atoms with Crippen LogP contribution in [0.25, 0.3) is 0 Å². The van der Waals surface area contributed by atoms with Crippen molar-refractivity contribution >= 4 is 5.97 Å². The topological polar surface area (TPSA) is 38.3 Å². The Morgan fingerprint density at radius 3 is 2.72 bits per heavy atom. The molecule has 1 aliphatic heterocycles. The van der Waals surface area contributed by atoms with E-state index in [4.69, 9.17) is 4.74 Å². The molecule has 1 saturated heterocycles. The van der Waals surface area contributed by atoms with E-state index in [1.54, 1.807) is 0 Å². The Bertz CT molecular complexity index is 280. The number of carbonyl (C=O) groups excluding carboxylic acids is 1. The first-order valence-electron chi connectivity index (χ1n) is 7.66. The monoisotopic (exact) mass is 253 g/mol. The molecule has 0 aromatic carbocycles. The van der Waals surface area contributed by atoms with E-state index in [2.05, 4.69) is 19.2 Å². The van der Waals surface area contributed by atoms with Crippen LogP contribution in [0.4, 0.5) is 0 Å². The maximum atomic E-state index is 12.3. The minimum atomic E-state index is -0.0711. The van der Waals surface area contributed by atoms with Gasteiger partial charge in [-0.05, 0) is 56.9 Å². The van der Waals surface area contributed by atoms with Gasteiger partial charge in [-0.3, -0.25) is 4.79 Å². The lowest BCUT2D eigenvalue weighted by molar-refractivity contribution is -0.158. The number of esters is 1. The molecule has 1 N–H and O–H groups in total. The lowest BCUT2D eigenvalue weighted by Crippen LogP contribution is -2.48. The molecule has 0 bridgehead atoms. The number of ether oxygens (including phenoxy) is 1. The Labute approximate surface area is 111 Å². The number of hydrogen-bond donors (Lipinski definition) is 1. The zero-order valence-electron chi connectivity index (χ0n) is 11.8. The standard InChI is InChI=1S/C15H27NO2/c1-3-12-8-4-5-9-13(12)18-15(17)14-11(2)7-6-10-16-14/h11-14,16H,3-10H2,1-2H3. The molecule has 2 rings (SSSR count). The molecule has 0 aromatic rings. The third-order valence-corrected chi connectivity index (χ3v) is 4.65. The van der Waals surface area contributed by atoms with E-state index >= 15 is 0 Å². The van der Waals surface area contributed by atoms with Gasteiger partial charge in [-0.1, -0.05) is 20.3 Å². The second-order valence-electron chi connectivity index (χ2n) is 5.98. The van der Waals surface area contributed by atoms with Crippen LogP contribution in [-0.2, 0) is 9.53 Å². The van der Waals surface area contributed by atoms with Gasteiger partial charge in [0.05, 0.1) is 0 Å². The Kier molecular flexibility index (Phi) is 5.04. The molecular formula is C15H27NO2. The van der Waals surface area contributed by atoms with E-state index in [-0.39, 0.29) is 18.1 Å². The molecule has 1 heterocycles. The summed E-state index contributed by atoms with van der Waals surface area (Å²) in [6.07, 6.45) is 8.40. The third-order valence-electron chi connectivity index (χ3n) is 4.65. The zero-order valence-corrected chi connectivity index (χ0v) is 11.8. The van der Waals surface area contributed by atoms with Crippen molar-refractivity contribution < 1.29 is 9.53 Å². The van der Waals surface area contributed by atoms with E-state index in [0.717, 1.165) is 25.8 Å². The van der Waals surface area contributed by atoms with Crippen LogP contribution in [0.5, 0.6) is 0 Å². The first-order valence-corrected chi connectivity index (χ1v) is 7.66. The molecule has 0 amide bonds. The van der Waals surface area contributed by atoms with Gasteiger partial charge in [-0.2, -0.15) is 0 Å². The Hall–Kier alpha value is -0.570. The number of nitrogens with one attached hydrogen (secondary N) is 1. The fraction of sp³-hybridized carbons (Fsp3) is 0.933. The summed E-state index contributed by atoms with van der Waals surface area (Å²) in [7, 11) is 0. The molecule has 0 aromatic heterocycles. The quantitative estimate of drug-likeness (QED) is 0.786. The van der Waals surface area contributed by atoms with Crippen molar-refractivity contribution in [3.05, 3.63) is 0 Å². The first kappa shape index (κ1) is 13.9.